The summed E-state index contributed by atoms with van der Waals surface area (Å²) in [4.78, 5) is 25.3. The number of anilines is 1. The monoisotopic (exact) mass is 506 g/mol. The van der Waals surface area contributed by atoms with Crippen LogP contribution in [0.3, 0.4) is 0 Å². The summed E-state index contributed by atoms with van der Waals surface area (Å²) in [5, 5.41) is 15.5. The largest absolute Gasteiger partial charge is 0.481 e. The first kappa shape index (κ1) is 25.0. The molecule has 4 rings (SSSR count). The van der Waals surface area contributed by atoms with Gasteiger partial charge in [0.05, 0.1) is 6.42 Å². The van der Waals surface area contributed by atoms with Crippen LogP contribution in [0.15, 0.2) is 87.1 Å². The molecular weight excluding hydrogens is 483 g/mol. The third-order valence-electron chi connectivity index (χ3n) is 5.35. The lowest BCUT2D eigenvalue weighted by Crippen LogP contribution is -2.17. The van der Waals surface area contributed by atoms with E-state index in [1.165, 1.54) is 17.8 Å². The molecule has 0 fully saturated rings. The van der Waals surface area contributed by atoms with E-state index in [1.807, 2.05) is 36.4 Å². The smallest absolute Gasteiger partial charge is 0.412 e. The molecular formula is C27H23FN2O5S. The van der Waals surface area contributed by atoms with Crippen molar-refractivity contribution in [3.05, 3.63) is 95.4 Å². The average molecular weight is 507 g/mol. The summed E-state index contributed by atoms with van der Waals surface area (Å²) >= 11 is 1.53. The Morgan fingerprint density at radius 2 is 1.69 bits per heavy atom. The molecule has 1 aromatic heterocycles. The predicted molar refractivity (Wildman–Crippen MR) is 133 cm³/mol. The summed E-state index contributed by atoms with van der Waals surface area (Å²) in [6, 6.07) is 21.0. The Kier molecular flexibility index (Phi) is 7.70. The molecule has 0 saturated carbocycles. The van der Waals surface area contributed by atoms with Gasteiger partial charge in [0.1, 0.15) is 23.3 Å². The summed E-state index contributed by atoms with van der Waals surface area (Å²) in [5.74, 6) is -0.943. The van der Waals surface area contributed by atoms with E-state index in [4.69, 9.17) is 14.4 Å². The van der Waals surface area contributed by atoms with Gasteiger partial charge in [0, 0.05) is 20.9 Å². The Morgan fingerprint density at radius 1 is 1.06 bits per heavy atom. The zero-order valence-corrected chi connectivity index (χ0v) is 20.3. The highest BCUT2D eigenvalue weighted by molar-refractivity contribution is 7.99. The van der Waals surface area contributed by atoms with Crippen molar-refractivity contribution in [2.45, 2.75) is 36.2 Å². The number of hydrogen-bond acceptors (Lipinski definition) is 6. The number of nitrogens with zero attached hydrogens (tertiary/aromatic N) is 1. The lowest BCUT2D eigenvalue weighted by atomic mass is 10.1. The number of nitrogens with one attached hydrogen (secondary N) is 1. The summed E-state index contributed by atoms with van der Waals surface area (Å²) in [6.45, 7) is 3.29. The van der Waals surface area contributed by atoms with Gasteiger partial charge in [-0.2, -0.15) is 0 Å². The summed E-state index contributed by atoms with van der Waals surface area (Å²) in [6.07, 6.45) is -1.55. The second-order valence-electron chi connectivity index (χ2n) is 8.01. The van der Waals surface area contributed by atoms with E-state index < -0.39 is 24.0 Å². The molecule has 0 radical (unpaired) electrons. The Hall–Kier alpha value is -4.11. The minimum atomic E-state index is -0.865. The number of rotatable bonds is 8. The van der Waals surface area contributed by atoms with Crippen LogP contribution in [0, 0.1) is 12.7 Å². The van der Waals surface area contributed by atoms with Gasteiger partial charge in [0.2, 0.25) is 0 Å². The van der Waals surface area contributed by atoms with Crippen molar-refractivity contribution in [1.82, 2.24) is 5.16 Å². The van der Waals surface area contributed by atoms with Crippen LogP contribution in [-0.2, 0) is 16.0 Å². The molecule has 0 saturated heterocycles. The van der Waals surface area contributed by atoms with Crippen molar-refractivity contribution in [2.75, 3.05) is 5.32 Å². The van der Waals surface area contributed by atoms with E-state index in [0.717, 1.165) is 15.4 Å². The molecule has 0 bridgehead atoms. The predicted octanol–water partition coefficient (Wildman–Crippen LogP) is 6.88. The molecule has 0 unspecified atom stereocenters. The third-order valence-corrected chi connectivity index (χ3v) is 6.36. The fraction of sp³-hybridized carbons (Fsp3) is 0.148. The highest BCUT2D eigenvalue weighted by atomic mass is 32.2. The zero-order chi connectivity index (χ0) is 25.7. The van der Waals surface area contributed by atoms with Crippen molar-refractivity contribution in [3.63, 3.8) is 0 Å². The molecule has 1 atom stereocenters. The molecule has 0 aliphatic rings. The molecule has 2 N–H and O–H groups in total. The fourth-order valence-corrected chi connectivity index (χ4v) is 4.35. The SMILES string of the molecule is Cc1noc(-c2ccc(Sc3ccc(CC(=O)O)cc3)cc2)c1NC(=O)O[C@H](C)c1ccccc1F. The van der Waals surface area contributed by atoms with E-state index in [0.29, 0.717) is 22.7 Å². The average Bonchev–Trinajstić information content (AvgIpc) is 3.20. The summed E-state index contributed by atoms with van der Waals surface area (Å²) < 4.78 is 24.8. The van der Waals surface area contributed by atoms with Gasteiger partial charge in [0.25, 0.3) is 0 Å². The van der Waals surface area contributed by atoms with Crippen LogP contribution in [-0.4, -0.2) is 22.3 Å². The first-order valence-electron chi connectivity index (χ1n) is 11.1. The van der Waals surface area contributed by atoms with Crippen LogP contribution >= 0.6 is 11.8 Å². The van der Waals surface area contributed by atoms with E-state index in [1.54, 1.807) is 44.2 Å². The minimum Gasteiger partial charge on any atom is -0.481 e. The van der Waals surface area contributed by atoms with Crippen molar-refractivity contribution in [1.29, 1.82) is 0 Å². The van der Waals surface area contributed by atoms with Gasteiger partial charge in [-0.05, 0) is 61.9 Å². The summed E-state index contributed by atoms with van der Waals surface area (Å²) in [7, 11) is 0. The Morgan fingerprint density at radius 3 is 2.33 bits per heavy atom. The maximum Gasteiger partial charge on any atom is 0.412 e. The first-order chi connectivity index (χ1) is 17.3. The number of halogens is 1. The van der Waals surface area contributed by atoms with Crippen molar-refractivity contribution < 1.29 is 28.3 Å². The molecule has 0 spiro atoms. The van der Waals surface area contributed by atoms with Crippen LogP contribution in [0.25, 0.3) is 11.3 Å². The number of hydrogen-bond donors (Lipinski definition) is 2. The molecule has 184 valence electrons. The van der Waals surface area contributed by atoms with Crippen LogP contribution in [0.5, 0.6) is 0 Å². The third kappa shape index (κ3) is 6.11. The first-order valence-corrected chi connectivity index (χ1v) is 11.9. The topological polar surface area (TPSA) is 102 Å². The summed E-state index contributed by atoms with van der Waals surface area (Å²) in [5.41, 5.74) is 2.56. The molecule has 1 amide bonds. The molecule has 0 aliphatic heterocycles. The second kappa shape index (κ2) is 11.1. The quantitative estimate of drug-likeness (QED) is 0.269. The molecule has 4 aromatic rings. The van der Waals surface area contributed by atoms with Gasteiger partial charge in [-0.1, -0.05) is 47.3 Å². The number of amides is 1. The van der Waals surface area contributed by atoms with Crippen LogP contribution in [0.2, 0.25) is 0 Å². The molecule has 3 aromatic carbocycles. The number of aromatic nitrogens is 1. The van der Waals surface area contributed by atoms with Gasteiger partial charge in [-0.3, -0.25) is 10.1 Å². The van der Waals surface area contributed by atoms with Crippen LogP contribution in [0.4, 0.5) is 14.9 Å². The van der Waals surface area contributed by atoms with Gasteiger partial charge < -0.3 is 14.4 Å². The van der Waals surface area contributed by atoms with E-state index in [9.17, 15) is 14.0 Å². The minimum absolute atomic E-state index is 0.0117. The Balaban J connectivity index is 1.43. The van der Waals surface area contributed by atoms with Crippen LogP contribution in [0.1, 0.15) is 29.8 Å². The number of aryl methyl sites for hydroxylation is 1. The lowest BCUT2D eigenvalue weighted by Gasteiger charge is -2.15. The number of carbonyl (C=O) groups is 2. The standard InChI is InChI=1S/C27H23FN2O5S/c1-16-25(29-27(33)34-17(2)22-5-3-4-6-23(22)28)26(35-30-16)19-9-13-21(14-10-19)36-20-11-7-18(8-12-20)15-24(31)32/h3-14,17H,15H2,1-2H3,(H,29,33)(H,31,32)/t17-/m1/s1. The van der Waals surface area contributed by atoms with Gasteiger partial charge >= 0.3 is 12.1 Å². The maximum absolute atomic E-state index is 14.0. The molecule has 1 heterocycles. The highest BCUT2D eigenvalue weighted by Gasteiger charge is 2.21. The normalized spacial score (nSPS) is 11.6. The van der Waals surface area contributed by atoms with Gasteiger partial charge in [-0.25, -0.2) is 9.18 Å². The van der Waals surface area contributed by atoms with Crippen LogP contribution < -0.4 is 5.32 Å². The van der Waals surface area contributed by atoms with Crippen molar-refractivity contribution >= 4 is 29.5 Å². The van der Waals surface area contributed by atoms with Crippen molar-refractivity contribution in [3.8, 4) is 11.3 Å². The highest BCUT2D eigenvalue weighted by Crippen LogP contribution is 2.34. The Labute approximate surface area is 211 Å². The number of carboxylic acids is 1. The number of benzene rings is 3. The van der Waals surface area contributed by atoms with Gasteiger partial charge in [0.15, 0.2) is 5.76 Å². The van der Waals surface area contributed by atoms with E-state index in [-0.39, 0.29) is 12.0 Å². The van der Waals surface area contributed by atoms with Crippen molar-refractivity contribution in [2.24, 2.45) is 0 Å². The van der Waals surface area contributed by atoms with Gasteiger partial charge in [-0.15, -0.1) is 0 Å². The number of carbonyl (C=O) groups excluding carboxylic acids is 1. The second-order valence-corrected chi connectivity index (χ2v) is 9.15. The molecule has 9 heteroatoms. The fourth-order valence-electron chi connectivity index (χ4n) is 3.53. The maximum atomic E-state index is 14.0. The number of aliphatic carboxylic acids is 1. The molecule has 36 heavy (non-hydrogen) atoms. The number of ether oxygens (including phenoxy) is 1. The number of carboxylic acid groups (broad SMARTS) is 1. The van der Waals surface area contributed by atoms with E-state index >= 15 is 0 Å². The molecule has 0 aliphatic carbocycles. The lowest BCUT2D eigenvalue weighted by molar-refractivity contribution is -0.136. The molecule has 7 nitrogen and oxygen atoms in total. The van der Waals surface area contributed by atoms with E-state index in [2.05, 4.69) is 10.5 Å². The Bertz CT molecular complexity index is 1370. The zero-order valence-electron chi connectivity index (χ0n) is 19.5.